The third-order valence-corrected chi connectivity index (χ3v) is 14.5. The van der Waals surface area contributed by atoms with E-state index in [1.807, 2.05) is 76.1 Å². The molecule has 0 aromatic carbocycles. The molecule has 68 heavy (non-hydrogen) atoms. The van der Waals surface area contributed by atoms with Crippen LogP contribution in [0.15, 0.2) is 21.4 Å². The van der Waals surface area contributed by atoms with E-state index >= 15 is 0 Å². The predicted molar refractivity (Wildman–Crippen MR) is 279 cm³/mol. The number of likely N-dealkylation sites (tertiary alicyclic amines) is 4. The smallest absolute Gasteiger partial charge is 0.242 e. The van der Waals surface area contributed by atoms with Crippen molar-refractivity contribution in [1.82, 2.24) is 34.6 Å². The summed E-state index contributed by atoms with van der Waals surface area (Å²) >= 11 is 3.12. The maximum atomic E-state index is 11.4. The van der Waals surface area contributed by atoms with Crippen molar-refractivity contribution in [2.24, 2.45) is 27.1 Å². The Kier molecular flexibility index (Phi) is 33.3. The summed E-state index contributed by atoms with van der Waals surface area (Å²) < 4.78 is 1.83. The summed E-state index contributed by atoms with van der Waals surface area (Å²) in [5.74, 6) is 5.04. The number of carbonyl (C=O) groups excluding carboxylic acids is 6. The summed E-state index contributed by atoms with van der Waals surface area (Å²) in [6.45, 7) is 30.2. The van der Waals surface area contributed by atoms with Crippen LogP contribution in [0, 0.1) is 11.8 Å². The molecule has 0 N–H and O–H groups in total. The van der Waals surface area contributed by atoms with E-state index in [-0.39, 0.29) is 40.3 Å². The number of azo groups is 1. The average molecular weight is 991 g/mol. The maximum absolute atomic E-state index is 11.4. The molecule has 0 aliphatic carbocycles. The molecule has 4 saturated heterocycles. The van der Waals surface area contributed by atoms with Crippen molar-refractivity contribution in [2.75, 3.05) is 50.8 Å². The number of aliphatic imine (C=N–C) groups is 1. The molecule has 3 unspecified atom stereocenters. The van der Waals surface area contributed by atoms with Crippen molar-refractivity contribution in [3.05, 3.63) is 11.9 Å². The molecule has 6 heterocycles. The zero-order valence-corrected chi connectivity index (χ0v) is 45.8. The minimum atomic E-state index is -0.109. The number of piperidine rings is 2. The number of imide groups is 2. The van der Waals surface area contributed by atoms with E-state index in [2.05, 4.69) is 53.2 Å². The lowest BCUT2D eigenvalue weighted by molar-refractivity contribution is -0.139. The van der Waals surface area contributed by atoms with Crippen LogP contribution in [0.1, 0.15) is 179 Å². The van der Waals surface area contributed by atoms with Gasteiger partial charge in [0.1, 0.15) is 5.84 Å². The molecule has 3 atom stereocenters. The topological polar surface area (TPSA) is 183 Å². The number of amides is 6. The van der Waals surface area contributed by atoms with Crippen LogP contribution in [0.5, 0.6) is 0 Å². The van der Waals surface area contributed by atoms with E-state index in [0.717, 1.165) is 86.9 Å². The first kappa shape index (κ1) is 62.3. The van der Waals surface area contributed by atoms with Gasteiger partial charge in [0.15, 0.2) is 6.17 Å². The molecule has 388 valence electrons. The number of thioether (sulfide) groups is 2. The number of hydrogen-bond donors (Lipinski definition) is 0. The highest BCUT2D eigenvalue weighted by atomic mass is 32.2. The lowest BCUT2D eigenvalue weighted by Crippen LogP contribution is -2.37. The summed E-state index contributed by atoms with van der Waals surface area (Å²) in [7, 11) is 0. The van der Waals surface area contributed by atoms with E-state index in [0.29, 0.717) is 50.6 Å². The number of nitrogens with zero attached hydrogens (tertiary/aromatic N) is 10. The first-order valence-corrected chi connectivity index (χ1v) is 28.1. The minimum absolute atomic E-state index is 0.00523. The predicted octanol–water partition coefficient (Wildman–Crippen LogP) is 9.50. The third kappa shape index (κ3) is 22.4. The quantitative estimate of drug-likeness (QED) is 0.145. The molecule has 5 aliphatic rings. The Balaban J connectivity index is 0.000000410. The fraction of sp³-hybridized carbons (Fsp3) is 0.820. The number of hydrogen-bond acceptors (Lipinski definition) is 13. The van der Waals surface area contributed by atoms with Crippen LogP contribution in [0.25, 0.3) is 0 Å². The molecule has 6 amide bonds. The molecular formula is C50H90N10O6S2. The van der Waals surface area contributed by atoms with Crippen molar-refractivity contribution in [1.29, 1.82) is 0 Å². The van der Waals surface area contributed by atoms with Crippen molar-refractivity contribution in [2.45, 2.75) is 203 Å². The first-order valence-electron chi connectivity index (χ1n) is 26.0. The van der Waals surface area contributed by atoms with Crippen LogP contribution in [-0.2, 0) is 41.7 Å². The monoisotopic (exact) mass is 991 g/mol. The number of rotatable bonds is 16. The van der Waals surface area contributed by atoms with Gasteiger partial charge >= 0.3 is 0 Å². The van der Waals surface area contributed by atoms with Gasteiger partial charge < -0.3 is 9.80 Å². The van der Waals surface area contributed by atoms with Crippen LogP contribution in [-0.4, -0.2) is 143 Å². The van der Waals surface area contributed by atoms with Gasteiger partial charge in [-0.1, -0.05) is 93.2 Å². The van der Waals surface area contributed by atoms with Crippen LogP contribution < -0.4 is 0 Å². The molecule has 1 aromatic rings. The van der Waals surface area contributed by atoms with E-state index in [1.165, 1.54) is 61.2 Å². The zero-order chi connectivity index (χ0) is 51.0. The Morgan fingerprint density at radius 1 is 0.618 bits per heavy atom. The molecule has 0 spiro atoms. The molecule has 5 aliphatic heterocycles. The van der Waals surface area contributed by atoms with Crippen LogP contribution in [0.3, 0.4) is 0 Å². The Morgan fingerprint density at radius 2 is 1.06 bits per heavy atom. The molecule has 18 heteroatoms. The second kappa shape index (κ2) is 36.3. The molecule has 6 rings (SSSR count). The lowest BCUT2D eigenvalue weighted by Gasteiger charge is -2.31. The number of amidine groups is 1. The standard InChI is InChI=1S/2C11H21NO.2C8H13NO2S.2C6H11N3/c2*1-3-5-10-6-8-12(9-7-10)11(13)4-2;2*1-3-9-7(10)5-6(8(9)11)12-4-2;1-3-6-5-9(4-2)8-7-6;1-3-5-7-6(4-2)9-8-5/h2*10H,3-9H2,1-2H3;2*6H,3-5H2,1-2H3;2*5H,3-4H2,1-2H3. The summed E-state index contributed by atoms with van der Waals surface area (Å²) in [4.78, 5) is 78.9. The van der Waals surface area contributed by atoms with Gasteiger partial charge in [0, 0.05) is 84.1 Å². The van der Waals surface area contributed by atoms with Gasteiger partial charge in [0.2, 0.25) is 35.4 Å². The molecule has 0 saturated carbocycles. The van der Waals surface area contributed by atoms with Gasteiger partial charge in [-0.2, -0.15) is 5.11 Å². The second-order valence-corrected chi connectivity index (χ2v) is 20.1. The van der Waals surface area contributed by atoms with Gasteiger partial charge in [-0.15, -0.1) is 33.7 Å². The Morgan fingerprint density at radius 3 is 1.31 bits per heavy atom. The molecular weight excluding hydrogens is 901 g/mol. The molecule has 0 radical (unpaired) electrons. The average Bonchev–Trinajstić information content (AvgIpc) is 4.16. The van der Waals surface area contributed by atoms with Crippen LogP contribution in [0.4, 0.5) is 0 Å². The summed E-state index contributed by atoms with van der Waals surface area (Å²) in [5.41, 5.74) is 1.07. The summed E-state index contributed by atoms with van der Waals surface area (Å²) in [5, 5.41) is 15.4. The summed E-state index contributed by atoms with van der Waals surface area (Å²) in [6, 6.07) is 0. The highest BCUT2D eigenvalue weighted by molar-refractivity contribution is 8.00. The fourth-order valence-electron chi connectivity index (χ4n) is 8.19. The number of aromatic nitrogens is 3. The van der Waals surface area contributed by atoms with E-state index in [1.54, 1.807) is 23.5 Å². The van der Waals surface area contributed by atoms with E-state index < -0.39 is 0 Å². The zero-order valence-electron chi connectivity index (χ0n) is 44.2. The number of carbonyl (C=O) groups is 6. The summed E-state index contributed by atoms with van der Waals surface area (Å²) in [6.07, 6.45) is 17.2. The van der Waals surface area contributed by atoms with Crippen molar-refractivity contribution in [3.63, 3.8) is 0 Å². The largest absolute Gasteiger partial charge is 0.343 e. The molecule has 1 aromatic heterocycles. The fourth-order valence-corrected chi connectivity index (χ4v) is 10.1. The van der Waals surface area contributed by atoms with Gasteiger partial charge in [0.25, 0.3) is 0 Å². The maximum Gasteiger partial charge on any atom is 0.242 e. The van der Waals surface area contributed by atoms with E-state index in [9.17, 15) is 28.8 Å². The normalized spacial score (nSPS) is 20.3. The Hall–Kier alpha value is -3.67. The minimum Gasteiger partial charge on any atom is -0.343 e. The molecule has 4 fully saturated rings. The van der Waals surface area contributed by atoms with Gasteiger partial charge in [0.05, 0.1) is 16.2 Å². The van der Waals surface area contributed by atoms with Gasteiger partial charge in [-0.3, -0.25) is 43.2 Å². The van der Waals surface area contributed by atoms with Crippen molar-refractivity contribution >= 4 is 64.8 Å². The Labute approximate surface area is 418 Å². The van der Waals surface area contributed by atoms with Crippen LogP contribution in [0.2, 0.25) is 0 Å². The SMILES string of the molecule is CCC1=NC(CC)N=N1.CCCC1CCN(C(=O)CC)CC1.CCCC1CCN(C(=O)CC)CC1.CCSC1CC(=O)N(CC)C1=O.CCSC1CC(=O)N(CC)C1=O.CCc1cn(CC)nn1. The second-order valence-electron chi connectivity index (χ2n) is 17.1. The highest BCUT2D eigenvalue weighted by Crippen LogP contribution is 2.26. The first-order chi connectivity index (χ1) is 32.7. The van der Waals surface area contributed by atoms with Crippen molar-refractivity contribution < 1.29 is 28.8 Å². The molecule has 16 nitrogen and oxygen atoms in total. The van der Waals surface area contributed by atoms with Gasteiger partial charge in [-0.25, -0.2) is 4.99 Å². The molecule has 0 bridgehead atoms. The van der Waals surface area contributed by atoms with Crippen LogP contribution >= 0.6 is 23.5 Å². The lowest BCUT2D eigenvalue weighted by atomic mass is 9.92. The van der Waals surface area contributed by atoms with Gasteiger partial charge in [-0.05, 0) is 82.6 Å². The van der Waals surface area contributed by atoms with E-state index in [4.69, 9.17) is 0 Å². The number of aryl methyl sites for hydroxylation is 2. The third-order valence-electron chi connectivity index (χ3n) is 12.3. The Bertz CT molecular complexity index is 1590. The van der Waals surface area contributed by atoms with Crippen molar-refractivity contribution in [3.8, 4) is 0 Å². The highest BCUT2D eigenvalue weighted by Gasteiger charge is 2.38.